The Morgan fingerprint density at radius 1 is 1.30 bits per heavy atom. The predicted octanol–water partition coefficient (Wildman–Crippen LogP) is 2.53. The second-order valence-corrected chi connectivity index (χ2v) is 5.50. The zero-order valence-corrected chi connectivity index (χ0v) is 12.3. The molecule has 20 heavy (non-hydrogen) atoms. The van der Waals surface area contributed by atoms with Crippen LogP contribution in [0.3, 0.4) is 0 Å². The van der Waals surface area contributed by atoms with Gasteiger partial charge in [-0.1, -0.05) is 24.4 Å². The third-order valence-corrected chi connectivity index (χ3v) is 3.61. The third-order valence-electron chi connectivity index (χ3n) is 3.15. The largest absolute Gasteiger partial charge is 0.359 e. The number of amides is 1. The highest BCUT2D eigenvalue weighted by Crippen LogP contribution is 2.17. The molecule has 0 atom stereocenters. The summed E-state index contributed by atoms with van der Waals surface area (Å²) < 4.78 is 13.5. The van der Waals surface area contributed by atoms with Gasteiger partial charge in [0.25, 0.3) is 5.91 Å². The fourth-order valence-electron chi connectivity index (χ4n) is 2.14. The zero-order valence-electron chi connectivity index (χ0n) is 10.7. The molecule has 2 rings (SSSR count). The van der Waals surface area contributed by atoms with Crippen LogP contribution in [-0.4, -0.2) is 17.1 Å². The lowest BCUT2D eigenvalue weighted by Crippen LogP contribution is -2.49. The molecule has 0 aromatic heterocycles. The SMILES string of the molecule is O=C(NNC(=S)NC1CCCC1)c1cc(Cl)ccc1F. The van der Waals surface area contributed by atoms with E-state index in [4.69, 9.17) is 23.8 Å². The van der Waals surface area contributed by atoms with Crippen LogP contribution in [-0.2, 0) is 0 Å². The molecule has 108 valence electrons. The van der Waals surface area contributed by atoms with Gasteiger partial charge in [-0.15, -0.1) is 0 Å². The minimum Gasteiger partial charge on any atom is -0.359 e. The minimum atomic E-state index is -0.636. The van der Waals surface area contributed by atoms with E-state index >= 15 is 0 Å². The summed E-state index contributed by atoms with van der Waals surface area (Å²) in [7, 11) is 0. The Morgan fingerprint density at radius 2 is 2.00 bits per heavy atom. The smallest absolute Gasteiger partial charge is 0.272 e. The average Bonchev–Trinajstić information content (AvgIpc) is 2.91. The van der Waals surface area contributed by atoms with Crippen LogP contribution < -0.4 is 16.2 Å². The van der Waals surface area contributed by atoms with Crippen LogP contribution in [0.1, 0.15) is 36.0 Å². The van der Waals surface area contributed by atoms with Gasteiger partial charge in [0.1, 0.15) is 5.82 Å². The van der Waals surface area contributed by atoms with E-state index in [9.17, 15) is 9.18 Å². The maximum atomic E-state index is 13.5. The van der Waals surface area contributed by atoms with Gasteiger partial charge >= 0.3 is 0 Å². The van der Waals surface area contributed by atoms with Gasteiger partial charge in [-0.3, -0.25) is 15.6 Å². The number of thiocarbonyl (C=S) groups is 1. The first-order chi connectivity index (χ1) is 9.56. The molecule has 3 N–H and O–H groups in total. The second kappa shape index (κ2) is 6.85. The summed E-state index contributed by atoms with van der Waals surface area (Å²) in [5, 5.41) is 3.72. The lowest BCUT2D eigenvalue weighted by molar-refractivity contribution is 0.0939. The number of hydrazine groups is 1. The molecule has 7 heteroatoms. The summed E-state index contributed by atoms with van der Waals surface area (Å²) in [6.45, 7) is 0. The van der Waals surface area contributed by atoms with Crippen LogP contribution in [0.25, 0.3) is 0 Å². The highest BCUT2D eigenvalue weighted by atomic mass is 35.5. The number of hydrogen-bond donors (Lipinski definition) is 3. The molecule has 0 unspecified atom stereocenters. The van der Waals surface area contributed by atoms with Crippen molar-refractivity contribution in [2.45, 2.75) is 31.7 Å². The Hall–Kier alpha value is -1.40. The van der Waals surface area contributed by atoms with Crippen LogP contribution in [0.15, 0.2) is 18.2 Å². The molecule has 0 radical (unpaired) electrons. The monoisotopic (exact) mass is 315 g/mol. The Kier molecular flexibility index (Phi) is 5.14. The normalized spacial score (nSPS) is 14.9. The first-order valence-corrected chi connectivity index (χ1v) is 7.17. The molecule has 1 aliphatic rings. The van der Waals surface area contributed by atoms with E-state index in [1.807, 2.05) is 0 Å². The Balaban J connectivity index is 1.85. The second-order valence-electron chi connectivity index (χ2n) is 4.66. The molecule has 0 aliphatic heterocycles. The van der Waals surface area contributed by atoms with Crippen molar-refractivity contribution in [1.29, 1.82) is 0 Å². The van der Waals surface area contributed by atoms with E-state index < -0.39 is 11.7 Å². The van der Waals surface area contributed by atoms with Crippen molar-refractivity contribution in [3.8, 4) is 0 Å². The Bertz CT molecular complexity index is 520. The highest BCUT2D eigenvalue weighted by molar-refractivity contribution is 7.80. The molecular weight excluding hydrogens is 301 g/mol. The molecule has 1 amide bonds. The number of carbonyl (C=O) groups is 1. The molecule has 0 saturated heterocycles. The number of hydrogen-bond acceptors (Lipinski definition) is 2. The van der Waals surface area contributed by atoms with E-state index in [1.54, 1.807) is 0 Å². The standard InChI is InChI=1S/C13H15ClFN3OS/c14-8-5-6-11(15)10(7-8)12(19)17-18-13(20)16-9-3-1-2-4-9/h5-7,9H,1-4H2,(H,17,19)(H2,16,18,20). The summed E-state index contributed by atoms with van der Waals surface area (Å²) in [6.07, 6.45) is 4.50. The molecule has 1 aromatic rings. The lowest BCUT2D eigenvalue weighted by atomic mass is 10.2. The van der Waals surface area contributed by atoms with Crippen molar-refractivity contribution < 1.29 is 9.18 Å². The van der Waals surface area contributed by atoms with Crippen molar-refractivity contribution >= 4 is 34.8 Å². The van der Waals surface area contributed by atoms with Crippen LogP contribution >= 0.6 is 23.8 Å². The minimum absolute atomic E-state index is 0.131. The van der Waals surface area contributed by atoms with Gasteiger partial charge in [0.05, 0.1) is 5.56 Å². The molecule has 1 aliphatic carbocycles. The number of rotatable bonds is 2. The van der Waals surface area contributed by atoms with Crippen LogP contribution in [0.2, 0.25) is 5.02 Å². The first kappa shape index (κ1) is 15.0. The number of nitrogens with one attached hydrogen (secondary N) is 3. The van der Waals surface area contributed by atoms with Crippen LogP contribution in [0.5, 0.6) is 0 Å². The molecule has 0 spiro atoms. The van der Waals surface area contributed by atoms with E-state index in [0.717, 1.165) is 18.9 Å². The highest BCUT2D eigenvalue weighted by Gasteiger charge is 2.16. The Labute approximate surface area is 127 Å². The molecule has 0 bridgehead atoms. The van der Waals surface area contributed by atoms with E-state index in [1.165, 1.54) is 25.0 Å². The summed E-state index contributed by atoms with van der Waals surface area (Å²) in [4.78, 5) is 11.8. The number of carbonyl (C=O) groups excluding carboxylic acids is 1. The van der Waals surface area contributed by atoms with Gasteiger partial charge < -0.3 is 5.32 Å². The van der Waals surface area contributed by atoms with E-state index in [0.29, 0.717) is 16.2 Å². The van der Waals surface area contributed by atoms with Crippen molar-refractivity contribution in [2.24, 2.45) is 0 Å². The van der Waals surface area contributed by atoms with Crippen molar-refractivity contribution in [2.75, 3.05) is 0 Å². The van der Waals surface area contributed by atoms with E-state index in [2.05, 4.69) is 16.2 Å². The number of benzene rings is 1. The molecule has 1 aromatic carbocycles. The lowest BCUT2D eigenvalue weighted by Gasteiger charge is -2.16. The van der Waals surface area contributed by atoms with Gasteiger partial charge in [0, 0.05) is 11.1 Å². The third kappa shape index (κ3) is 4.05. The van der Waals surface area contributed by atoms with Crippen molar-refractivity contribution in [3.63, 3.8) is 0 Å². The quantitative estimate of drug-likeness (QED) is 0.580. The molecule has 4 nitrogen and oxygen atoms in total. The molecule has 0 heterocycles. The average molecular weight is 316 g/mol. The summed E-state index contributed by atoms with van der Waals surface area (Å²) in [5.41, 5.74) is 4.78. The zero-order chi connectivity index (χ0) is 14.5. The maximum Gasteiger partial charge on any atom is 0.272 e. The van der Waals surface area contributed by atoms with Crippen molar-refractivity contribution in [3.05, 3.63) is 34.6 Å². The molecule has 1 fully saturated rings. The molecular formula is C13H15ClFN3OS. The maximum absolute atomic E-state index is 13.5. The van der Waals surface area contributed by atoms with Crippen LogP contribution in [0, 0.1) is 5.82 Å². The van der Waals surface area contributed by atoms with Gasteiger partial charge in [-0.05, 0) is 43.3 Å². The topological polar surface area (TPSA) is 53.2 Å². The van der Waals surface area contributed by atoms with Gasteiger partial charge in [-0.25, -0.2) is 4.39 Å². The predicted molar refractivity (Wildman–Crippen MR) is 80.0 cm³/mol. The van der Waals surface area contributed by atoms with Gasteiger partial charge in [0.2, 0.25) is 0 Å². The molecule has 1 saturated carbocycles. The summed E-state index contributed by atoms with van der Waals surface area (Å²) in [6, 6.07) is 4.14. The Morgan fingerprint density at radius 3 is 2.70 bits per heavy atom. The van der Waals surface area contributed by atoms with Crippen molar-refractivity contribution in [1.82, 2.24) is 16.2 Å². The van der Waals surface area contributed by atoms with Gasteiger partial charge in [-0.2, -0.15) is 0 Å². The van der Waals surface area contributed by atoms with E-state index in [-0.39, 0.29) is 5.56 Å². The summed E-state index contributed by atoms with van der Waals surface area (Å²) in [5.74, 6) is -1.26. The number of halogens is 2. The first-order valence-electron chi connectivity index (χ1n) is 6.38. The summed E-state index contributed by atoms with van der Waals surface area (Å²) >= 11 is 10.8. The van der Waals surface area contributed by atoms with Crippen LogP contribution in [0.4, 0.5) is 4.39 Å². The van der Waals surface area contributed by atoms with Gasteiger partial charge in [0.15, 0.2) is 5.11 Å². The fourth-order valence-corrected chi connectivity index (χ4v) is 2.53. The fraction of sp³-hybridized carbons (Fsp3) is 0.385.